The van der Waals surface area contributed by atoms with Gasteiger partial charge in [-0.2, -0.15) is 0 Å². The van der Waals surface area contributed by atoms with Gasteiger partial charge in [-0.1, -0.05) is 53.9 Å². The summed E-state index contributed by atoms with van der Waals surface area (Å²) in [4.78, 5) is 10.3. The van der Waals surface area contributed by atoms with E-state index < -0.39 is 5.97 Å². The Hall–Kier alpha value is 0.650. The van der Waals surface area contributed by atoms with Gasteiger partial charge in [0.2, 0.25) is 0 Å². The summed E-state index contributed by atoms with van der Waals surface area (Å²) in [5, 5.41) is 8.49. The highest BCUT2D eigenvalue weighted by Gasteiger charge is 2.11. The first-order valence-electron chi connectivity index (χ1n) is 2.79. The summed E-state index contributed by atoms with van der Waals surface area (Å²) < 4.78 is 0.0456. The van der Waals surface area contributed by atoms with Crippen LogP contribution < -0.4 is 0 Å². The third-order valence-corrected chi connectivity index (χ3v) is 4.34. The first-order chi connectivity index (χ1) is 4.95. The summed E-state index contributed by atoms with van der Waals surface area (Å²) in [6.45, 7) is 1.55. The maximum absolute atomic E-state index is 10.3. The van der Waals surface area contributed by atoms with Crippen LogP contribution in [0.15, 0.2) is 11.6 Å². The van der Waals surface area contributed by atoms with Crippen LogP contribution in [0, 0.1) is 0 Å². The number of carbonyl (C=O) groups is 1. The van der Waals surface area contributed by atoms with Crippen LogP contribution in [0.2, 0.25) is 0 Å². The fourth-order valence-electron chi connectivity index (χ4n) is 0.383. The molecule has 5 heteroatoms. The highest BCUT2D eigenvalue weighted by atomic mass is 79.9. The number of carboxylic acid groups (broad SMARTS) is 1. The zero-order valence-electron chi connectivity index (χ0n) is 5.72. The summed E-state index contributed by atoms with van der Waals surface area (Å²) in [6.07, 6.45) is 1.62. The molecule has 0 heterocycles. The molecule has 0 aromatic carbocycles. The van der Waals surface area contributed by atoms with Crippen molar-refractivity contribution < 1.29 is 9.90 Å². The van der Waals surface area contributed by atoms with Crippen LogP contribution in [-0.4, -0.2) is 19.6 Å². The first kappa shape index (κ1) is 11.6. The van der Waals surface area contributed by atoms with Crippen molar-refractivity contribution in [2.75, 3.05) is 0 Å². The van der Waals surface area contributed by atoms with Crippen LogP contribution in [0.5, 0.6) is 0 Å². The van der Waals surface area contributed by atoms with E-state index in [4.69, 9.17) is 5.11 Å². The average Bonchev–Trinajstić information content (AvgIpc) is 1.87. The summed E-state index contributed by atoms with van der Waals surface area (Å²) in [5.41, 5.74) is 0.329. The molecule has 11 heavy (non-hydrogen) atoms. The Kier molecular flexibility index (Phi) is 5.64. The van der Waals surface area contributed by atoms with Crippen molar-refractivity contribution in [1.82, 2.24) is 0 Å². The Bertz CT molecular complexity index is 177. The van der Waals surface area contributed by atoms with Crippen molar-refractivity contribution >= 4 is 53.8 Å². The maximum Gasteiger partial charge on any atom is 0.330 e. The summed E-state index contributed by atoms with van der Waals surface area (Å²) >= 11 is 9.78. The molecule has 0 aliphatic rings. The quantitative estimate of drug-likeness (QED) is 0.627. The highest BCUT2D eigenvalue weighted by molar-refractivity contribution is 9.25. The number of carboxylic acids is 1. The number of alkyl halides is 3. The Morgan fingerprint density at radius 3 is 2.18 bits per heavy atom. The van der Waals surface area contributed by atoms with Gasteiger partial charge >= 0.3 is 5.97 Å². The molecule has 1 atom stereocenters. The lowest BCUT2D eigenvalue weighted by Gasteiger charge is -2.05. The minimum absolute atomic E-state index is 0.0152. The minimum atomic E-state index is -0.893. The van der Waals surface area contributed by atoms with Crippen LogP contribution in [-0.2, 0) is 4.79 Å². The van der Waals surface area contributed by atoms with Gasteiger partial charge < -0.3 is 5.11 Å². The van der Waals surface area contributed by atoms with E-state index in [1.807, 2.05) is 0 Å². The molecule has 0 bridgehead atoms. The SMILES string of the molecule is CC(=CC(Br)C(Br)Br)C(=O)O. The molecule has 0 aliphatic carbocycles. The van der Waals surface area contributed by atoms with E-state index in [0.717, 1.165) is 0 Å². The van der Waals surface area contributed by atoms with Crippen molar-refractivity contribution in [3.05, 3.63) is 11.6 Å². The van der Waals surface area contributed by atoms with Gasteiger partial charge in [0.25, 0.3) is 0 Å². The minimum Gasteiger partial charge on any atom is -0.478 e. The van der Waals surface area contributed by atoms with E-state index in [-0.39, 0.29) is 8.56 Å². The van der Waals surface area contributed by atoms with Crippen molar-refractivity contribution in [2.24, 2.45) is 0 Å². The number of aliphatic carboxylic acids is 1. The first-order valence-corrected chi connectivity index (χ1v) is 5.53. The summed E-state index contributed by atoms with van der Waals surface area (Å²) in [7, 11) is 0. The van der Waals surface area contributed by atoms with Gasteiger partial charge in [-0.3, -0.25) is 0 Å². The van der Waals surface area contributed by atoms with Crippen LogP contribution in [0.1, 0.15) is 6.92 Å². The maximum atomic E-state index is 10.3. The second kappa shape index (κ2) is 5.32. The van der Waals surface area contributed by atoms with Crippen LogP contribution in [0.25, 0.3) is 0 Å². The topological polar surface area (TPSA) is 37.3 Å². The molecule has 64 valence electrons. The van der Waals surface area contributed by atoms with Crippen molar-refractivity contribution in [1.29, 1.82) is 0 Å². The van der Waals surface area contributed by atoms with Gasteiger partial charge in [0.1, 0.15) is 0 Å². The zero-order valence-corrected chi connectivity index (χ0v) is 10.5. The monoisotopic (exact) mass is 348 g/mol. The highest BCUT2D eigenvalue weighted by Crippen LogP contribution is 2.22. The molecule has 0 aliphatic heterocycles. The van der Waals surface area contributed by atoms with Gasteiger partial charge in [0.15, 0.2) is 0 Å². The second-order valence-electron chi connectivity index (χ2n) is 1.93. The van der Waals surface area contributed by atoms with Crippen LogP contribution in [0.3, 0.4) is 0 Å². The molecule has 1 unspecified atom stereocenters. The number of hydrogen-bond acceptors (Lipinski definition) is 1. The van der Waals surface area contributed by atoms with Gasteiger partial charge in [0, 0.05) is 5.57 Å². The van der Waals surface area contributed by atoms with Crippen LogP contribution in [0.4, 0.5) is 0 Å². The fraction of sp³-hybridized carbons (Fsp3) is 0.500. The lowest BCUT2D eigenvalue weighted by atomic mass is 10.2. The standard InChI is InChI=1S/C6H7Br3O2/c1-3(6(10)11)2-4(7)5(8)9/h2,4-5H,1H3,(H,10,11). The van der Waals surface area contributed by atoms with Crippen LogP contribution >= 0.6 is 47.8 Å². The third kappa shape index (κ3) is 4.98. The third-order valence-electron chi connectivity index (χ3n) is 0.987. The molecule has 0 fully saturated rings. The van der Waals surface area contributed by atoms with Gasteiger partial charge in [-0.15, -0.1) is 0 Å². The van der Waals surface area contributed by atoms with E-state index in [1.165, 1.54) is 0 Å². The number of hydrogen-bond donors (Lipinski definition) is 1. The number of rotatable bonds is 3. The van der Waals surface area contributed by atoms with E-state index in [9.17, 15) is 4.79 Å². The molecule has 0 saturated heterocycles. The molecule has 1 N–H and O–H groups in total. The van der Waals surface area contributed by atoms with E-state index >= 15 is 0 Å². The number of allylic oxidation sites excluding steroid dienone is 1. The molecule has 0 spiro atoms. The fourth-order valence-corrected chi connectivity index (χ4v) is 1.08. The largest absolute Gasteiger partial charge is 0.478 e. The van der Waals surface area contributed by atoms with Gasteiger partial charge in [-0.05, 0) is 6.92 Å². The lowest BCUT2D eigenvalue weighted by molar-refractivity contribution is -0.132. The molecular formula is C6H7Br3O2. The van der Waals surface area contributed by atoms with Crippen molar-refractivity contribution in [3.63, 3.8) is 0 Å². The smallest absolute Gasteiger partial charge is 0.330 e. The van der Waals surface area contributed by atoms with Gasteiger partial charge in [-0.25, -0.2) is 4.79 Å². The predicted molar refractivity (Wildman–Crippen MR) is 55.7 cm³/mol. The average molecular weight is 351 g/mol. The van der Waals surface area contributed by atoms with Crippen molar-refractivity contribution in [3.8, 4) is 0 Å². The molecule has 0 rings (SSSR count). The van der Waals surface area contributed by atoms with E-state index in [0.29, 0.717) is 5.57 Å². The predicted octanol–water partition coefficient (Wildman–Crippen LogP) is 2.90. The molecule has 0 saturated carbocycles. The summed E-state index contributed by atoms with van der Waals surface area (Å²) in [6, 6.07) is 0. The Morgan fingerprint density at radius 1 is 1.45 bits per heavy atom. The normalized spacial score (nSPS) is 15.2. The van der Waals surface area contributed by atoms with E-state index in [2.05, 4.69) is 47.8 Å². The van der Waals surface area contributed by atoms with E-state index in [1.54, 1.807) is 13.0 Å². The zero-order chi connectivity index (χ0) is 9.02. The Labute approximate surface area is 90.4 Å². The van der Waals surface area contributed by atoms with Crippen molar-refractivity contribution in [2.45, 2.75) is 15.5 Å². The lowest BCUT2D eigenvalue weighted by Crippen LogP contribution is -2.06. The molecular weight excluding hydrogens is 344 g/mol. The molecule has 0 aromatic rings. The Balaban J connectivity index is 4.19. The second-order valence-corrected chi connectivity index (χ2v) is 6.19. The summed E-state index contributed by atoms with van der Waals surface area (Å²) in [5.74, 6) is -0.893. The number of halogens is 3. The molecule has 0 aromatic heterocycles. The molecule has 2 nitrogen and oxygen atoms in total. The molecule has 0 amide bonds. The molecule has 0 radical (unpaired) electrons. The van der Waals surface area contributed by atoms with Gasteiger partial charge in [0.05, 0.1) is 8.56 Å². The Morgan fingerprint density at radius 2 is 1.91 bits per heavy atom.